The molecule has 0 fully saturated rings. The molecule has 0 aliphatic rings. The van der Waals surface area contributed by atoms with Gasteiger partial charge in [0, 0.05) is 32.7 Å². The van der Waals surface area contributed by atoms with Gasteiger partial charge in [-0.1, -0.05) is 45.9 Å². The molecule has 7 heteroatoms. The monoisotopic (exact) mass is 552 g/mol. The Morgan fingerprint density at radius 1 is 1.04 bits per heavy atom. The fourth-order valence-corrected chi connectivity index (χ4v) is 3.46. The van der Waals surface area contributed by atoms with Gasteiger partial charge in [-0.15, -0.1) is 23.8 Å². The topological polar surface area (TPSA) is 61.4 Å². The summed E-state index contributed by atoms with van der Waals surface area (Å²) < 4.78 is 3.83. The van der Waals surface area contributed by atoms with Crippen molar-refractivity contribution in [1.82, 2.24) is 29.8 Å². The molecule has 0 saturated carbocycles. The summed E-state index contributed by atoms with van der Waals surface area (Å²) in [6, 6.07) is 13.7. The van der Waals surface area contributed by atoms with Crippen LogP contribution in [0.5, 0.6) is 0 Å². The third kappa shape index (κ3) is 3.40. The molecule has 28 heavy (non-hydrogen) atoms. The molecule has 6 nitrogen and oxygen atoms in total. The number of tetrazole rings is 1. The van der Waals surface area contributed by atoms with Crippen LogP contribution in [0.4, 0.5) is 0 Å². The average molecular weight is 552 g/mol. The zero-order valence-corrected chi connectivity index (χ0v) is 19.0. The summed E-state index contributed by atoms with van der Waals surface area (Å²) in [6.07, 6.45) is 1.80. The van der Waals surface area contributed by atoms with Gasteiger partial charge in [-0.2, -0.15) is 5.10 Å². The second-order valence-electron chi connectivity index (χ2n) is 7.48. The number of aromatic nitrogens is 6. The van der Waals surface area contributed by atoms with Gasteiger partial charge in [0.1, 0.15) is 5.82 Å². The second-order valence-corrected chi connectivity index (χ2v) is 7.48. The number of benzene rings is 2. The van der Waals surface area contributed by atoms with Gasteiger partial charge in [0.15, 0.2) is 0 Å². The molecule has 2 aromatic heterocycles. The van der Waals surface area contributed by atoms with Crippen LogP contribution in [-0.2, 0) is 27.2 Å². The van der Waals surface area contributed by atoms with Crippen LogP contribution in [0.2, 0.25) is 0 Å². The average Bonchev–Trinajstić information content (AvgIpc) is 3.27. The molecule has 147 valence electrons. The number of aryl methyl sites for hydroxylation is 1. The fourth-order valence-electron chi connectivity index (χ4n) is 3.46. The predicted molar refractivity (Wildman–Crippen MR) is 106 cm³/mol. The van der Waals surface area contributed by atoms with Crippen molar-refractivity contribution >= 4 is 11.0 Å². The summed E-state index contributed by atoms with van der Waals surface area (Å²) in [7, 11) is 1.97. The van der Waals surface area contributed by atoms with E-state index >= 15 is 0 Å². The van der Waals surface area contributed by atoms with Gasteiger partial charge < -0.3 is 4.57 Å². The van der Waals surface area contributed by atoms with Crippen molar-refractivity contribution < 1.29 is 20.1 Å². The Bertz CT molecular complexity index is 1080. The van der Waals surface area contributed by atoms with Crippen LogP contribution in [0.1, 0.15) is 50.7 Å². The van der Waals surface area contributed by atoms with Crippen molar-refractivity contribution in [3.8, 4) is 17.1 Å². The second kappa shape index (κ2) is 7.94. The summed E-state index contributed by atoms with van der Waals surface area (Å²) >= 11 is 0. The quantitative estimate of drug-likeness (QED) is 0.356. The summed E-state index contributed by atoms with van der Waals surface area (Å²) in [6.45, 7) is 8.77. The van der Waals surface area contributed by atoms with E-state index in [1.807, 2.05) is 28.4 Å². The number of para-hydroxylation sites is 1. The first kappa shape index (κ1) is 20.4. The summed E-state index contributed by atoms with van der Waals surface area (Å²) in [5.41, 5.74) is 6.30. The van der Waals surface area contributed by atoms with Gasteiger partial charge in [-0.3, -0.25) is 4.98 Å². The van der Waals surface area contributed by atoms with E-state index in [1.165, 1.54) is 11.1 Å². The van der Waals surface area contributed by atoms with Crippen molar-refractivity contribution in [3.63, 3.8) is 0 Å². The molecule has 1 radical (unpaired) electrons. The van der Waals surface area contributed by atoms with Crippen LogP contribution < -0.4 is 0 Å². The van der Waals surface area contributed by atoms with Gasteiger partial charge in [0.25, 0.3) is 0 Å². The molecule has 0 spiro atoms. The fraction of sp³-hybridized carbons (Fsp3) is 0.333. The molecule has 0 aliphatic carbocycles. The van der Waals surface area contributed by atoms with Crippen LogP contribution in [0, 0.1) is 6.07 Å². The van der Waals surface area contributed by atoms with Gasteiger partial charge >= 0.3 is 0 Å². The van der Waals surface area contributed by atoms with E-state index in [2.05, 4.69) is 72.5 Å². The largest absolute Gasteiger partial charge is 0.373 e. The third-order valence-corrected chi connectivity index (χ3v) is 4.92. The van der Waals surface area contributed by atoms with Crippen molar-refractivity contribution in [2.45, 2.75) is 39.5 Å². The molecule has 0 amide bonds. The van der Waals surface area contributed by atoms with Crippen molar-refractivity contribution in [1.29, 1.82) is 0 Å². The molecule has 0 bridgehead atoms. The molecular weight excluding hydrogens is 528 g/mol. The Morgan fingerprint density at radius 2 is 1.71 bits per heavy atom. The van der Waals surface area contributed by atoms with Crippen LogP contribution >= 0.6 is 0 Å². The summed E-state index contributed by atoms with van der Waals surface area (Å²) in [4.78, 5) is 4.45. The SMILES string of the molecule is CC(C)c1cccc(C(C)C)c1-n1nnnc1-c1[c-]cc2c(c1)ncn2C.[Ir]. The van der Waals surface area contributed by atoms with E-state index in [4.69, 9.17) is 0 Å². The maximum absolute atomic E-state index is 4.45. The normalized spacial score (nSPS) is 11.4. The summed E-state index contributed by atoms with van der Waals surface area (Å²) in [5, 5.41) is 12.6. The standard InChI is InChI=1S/C21H23N6.Ir/c1-13(2)16-7-6-8-17(14(3)4)20(16)27-21(23-24-25-27)15-9-10-19-18(11-15)22-12-26(19)5;/h6-8,10-14H,1-5H3;/q-1;. The number of rotatable bonds is 4. The number of nitrogens with zero attached hydrogens (tertiary/aromatic N) is 6. The van der Waals surface area contributed by atoms with Crippen molar-refractivity contribution in [2.75, 3.05) is 0 Å². The minimum atomic E-state index is 0. The molecule has 4 rings (SSSR count). The van der Waals surface area contributed by atoms with Gasteiger partial charge in [0.2, 0.25) is 0 Å². The van der Waals surface area contributed by atoms with E-state index in [9.17, 15) is 0 Å². The maximum Gasteiger partial charge on any atom is 0.104 e. The smallest absolute Gasteiger partial charge is 0.104 e. The van der Waals surface area contributed by atoms with Gasteiger partial charge in [-0.05, 0) is 38.9 Å². The Hall–Kier alpha value is -2.37. The van der Waals surface area contributed by atoms with Gasteiger partial charge in [0.05, 0.1) is 12.0 Å². The molecule has 4 aromatic rings. The molecule has 2 heterocycles. The van der Waals surface area contributed by atoms with E-state index in [1.54, 1.807) is 6.33 Å². The Labute approximate surface area is 178 Å². The minimum absolute atomic E-state index is 0. The first-order valence-corrected chi connectivity index (χ1v) is 9.22. The molecule has 2 aromatic carbocycles. The molecular formula is C21H23IrN6-. The number of hydrogen-bond donors (Lipinski definition) is 0. The van der Waals surface area contributed by atoms with Crippen LogP contribution in [-0.4, -0.2) is 29.8 Å². The zero-order valence-electron chi connectivity index (χ0n) is 16.6. The first-order chi connectivity index (χ1) is 13.0. The molecule has 0 saturated heterocycles. The van der Waals surface area contributed by atoms with E-state index < -0.39 is 0 Å². The zero-order chi connectivity index (χ0) is 19.1. The van der Waals surface area contributed by atoms with E-state index in [0.717, 1.165) is 22.3 Å². The van der Waals surface area contributed by atoms with E-state index in [-0.39, 0.29) is 20.1 Å². The third-order valence-electron chi connectivity index (χ3n) is 4.92. The van der Waals surface area contributed by atoms with Crippen molar-refractivity contribution in [2.24, 2.45) is 7.05 Å². The number of hydrogen-bond acceptors (Lipinski definition) is 4. The van der Waals surface area contributed by atoms with Crippen LogP contribution in [0.15, 0.2) is 36.7 Å². The maximum atomic E-state index is 4.45. The minimum Gasteiger partial charge on any atom is -0.373 e. The molecule has 0 atom stereocenters. The summed E-state index contributed by atoms with van der Waals surface area (Å²) in [5.74, 6) is 1.40. The molecule has 0 unspecified atom stereocenters. The number of fused-ring (bicyclic) bond motifs is 1. The van der Waals surface area contributed by atoms with Crippen molar-refractivity contribution in [3.05, 3.63) is 53.9 Å². The Kier molecular flexibility index (Phi) is 5.77. The van der Waals surface area contributed by atoms with Crippen LogP contribution in [0.3, 0.4) is 0 Å². The Morgan fingerprint density at radius 3 is 2.36 bits per heavy atom. The van der Waals surface area contributed by atoms with Crippen LogP contribution in [0.25, 0.3) is 28.1 Å². The predicted octanol–water partition coefficient (Wildman–Crippen LogP) is 4.26. The Balaban J connectivity index is 0.00000225. The van der Waals surface area contributed by atoms with Gasteiger partial charge in [-0.25, -0.2) is 4.68 Å². The first-order valence-electron chi connectivity index (χ1n) is 9.22. The van der Waals surface area contributed by atoms with E-state index in [0.29, 0.717) is 17.7 Å². The molecule has 0 aliphatic heterocycles. The number of imidazole rings is 1. The molecule has 0 N–H and O–H groups in total.